The smallest absolute Gasteiger partial charge is 0.280 e. The molecule has 28 heavy (non-hydrogen) atoms. The molecule has 1 saturated heterocycles. The summed E-state index contributed by atoms with van der Waals surface area (Å²) in [6.07, 6.45) is 5.99. The van der Waals surface area contributed by atoms with E-state index in [4.69, 9.17) is 4.98 Å². The van der Waals surface area contributed by atoms with Crippen LogP contribution in [-0.2, 0) is 13.1 Å². The highest BCUT2D eigenvalue weighted by Gasteiger charge is 2.24. The van der Waals surface area contributed by atoms with Crippen LogP contribution in [0.1, 0.15) is 61.7 Å². The highest BCUT2D eigenvalue weighted by molar-refractivity contribution is 5.08. The minimum atomic E-state index is -2.71. The van der Waals surface area contributed by atoms with Gasteiger partial charge in [0, 0.05) is 31.3 Å². The first-order valence-electron chi connectivity index (χ1n) is 9.97. The molecule has 2 aromatic rings. The first-order valence-corrected chi connectivity index (χ1v) is 9.97. The van der Waals surface area contributed by atoms with Gasteiger partial charge in [0.1, 0.15) is 11.5 Å². The van der Waals surface area contributed by atoms with Gasteiger partial charge in [0.05, 0.1) is 12.0 Å². The molecule has 8 heteroatoms. The number of rotatable bonds is 6. The number of halogens is 2. The number of alkyl halides is 2. The van der Waals surface area contributed by atoms with Gasteiger partial charge in [-0.25, -0.2) is 23.7 Å². The Labute approximate surface area is 162 Å². The molecule has 4 rings (SSSR count). The highest BCUT2D eigenvalue weighted by Crippen LogP contribution is 2.34. The predicted molar refractivity (Wildman–Crippen MR) is 100 cm³/mol. The third-order valence-electron chi connectivity index (χ3n) is 5.87. The van der Waals surface area contributed by atoms with Crippen LogP contribution in [0.5, 0.6) is 0 Å². The van der Waals surface area contributed by atoms with Crippen molar-refractivity contribution in [3.05, 3.63) is 52.2 Å². The van der Waals surface area contributed by atoms with Gasteiger partial charge in [0.2, 0.25) is 0 Å². The Morgan fingerprint density at radius 1 is 1.14 bits per heavy atom. The van der Waals surface area contributed by atoms with E-state index in [1.54, 1.807) is 0 Å². The van der Waals surface area contributed by atoms with E-state index in [0.717, 1.165) is 50.1 Å². The molecular formula is C20H25F2N5O. The fourth-order valence-electron chi connectivity index (χ4n) is 3.89. The van der Waals surface area contributed by atoms with Gasteiger partial charge in [0.15, 0.2) is 0 Å². The van der Waals surface area contributed by atoms with Crippen LogP contribution < -0.4 is 5.56 Å². The van der Waals surface area contributed by atoms with Gasteiger partial charge in [0.25, 0.3) is 12.0 Å². The Bertz CT molecular complexity index is 860. The SMILES string of the molecule is O=c1cc(C(F)F)ncn1CC1CCN(Cc2ccnc(C3CCC3)n2)CC1. The lowest BCUT2D eigenvalue weighted by molar-refractivity contribution is 0.144. The number of hydrogen-bond donors (Lipinski definition) is 0. The molecule has 150 valence electrons. The lowest BCUT2D eigenvalue weighted by Crippen LogP contribution is -2.36. The Balaban J connectivity index is 1.29. The van der Waals surface area contributed by atoms with Crippen LogP contribution in [0.4, 0.5) is 8.78 Å². The summed E-state index contributed by atoms with van der Waals surface area (Å²) in [5.41, 5.74) is 0.206. The van der Waals surface area contributed by atoms with E-state index >= 15 is 0 Å². The summed E-state index contributed by atoms with van der Waals surface area (Å²) in [5.74, 6) is 1.87. The van der Waals surface area contributed by atoms with Gasteiger partial charge in [-0.3, -0.25) is 14.3 Å². The minimum Gasteiger partial charge on any atom is -0.299 e. The summed E-state index contributed by atoms with van der Waals surface area (Å²) < 4.78 is 26.7. The standard InChI is InChI=1S/C20H25F2N5O/c21-19(22)17-10-18(28)27(13-24-17)11-14-5-8-26(9-6-14)12-16-4-7-23-20(25-16)15-2-1-3-15/h4,7,10,13-15,19H,1-3,5-6,8-9,11-12H2. The van der Waals surface area contributed by atoms with Gasteiger partial charge < -0.3 is 0 Å². The van der Waals surface area contributed by atoms with E-state index in [0.29, 0.717) is 18.4 Å². The van der Waals surface area contributed by atoms with Crippen molar-refractivity contribution < 1.29 is 8.78 Å². The number of likely N-dealkylation sites (tertiary alicyclic amines) is 1. The summed E-state index contributed by atoms with van der Waals surface area (Å²) in [7, 11) is 0. The lowest BCUT2D eigenvalue weighted by Gasteiger charge is -2.32. The van der Waals surface area contributed by atoms with Crippen molar-refractivity contribution in [2.75, 3.05) is 13.1 Å². The van der Waals surface area contributed by atoms with Crippen LogP contribution in [0.15, 0.2) is 29.5 Å². The van der Waals surface area contributed by atoms with Crippen LogP contribution in [0, 0.1) is 5.92 Å². The van der Waals surface area contributed by atoms with E-state index in [9.17, 15) is 13.6 Å². The van der Waals surface area contributed by atoms with E-state index in [1.807, 2.05) is 12.3 Å². The van der Waals surface area contributed by atoms with Crippen molar-refractivity contribution >= 4 is 0 Å². The Morgan fingerprint density at radius 3 is 2.57 bits per heavy atom. The maximum absolute atomic E-state index is 12.6. The van der Waals surface area contributed by atoms with Crippen LogP contribution in [0.25, 0.3) is 0 Å². The van der Waals surface area contributed by atoms with Gasteiger partial charge in [-0.15, -0.1) is 0 Å². The van der Waals surface area contributed by atoms with E-state index in [-0.39, 0.29) is 0 Å². The molecule has 0 amide bonds. The van der Waals surface area contributed by atoms with Crippen molar-refractivity contribution in [3.63, 3.8) is 0 Å². The fourth-order valence-corrected chi connectivity index (χ4v) is 3.89. The highest BCUT2D eigenvalue weighted by atomic mass is 19.3. The molecule has 1 aliphatic heterocycles. The molecule has 0 unspecified atom stereocenters. The summed E-state index contributed by atoms with van der Waals surface area (Å²) in [5, 5.41) is 0. The monoisotopic (exact) mass is 389 g/mol. The molecule has 3 heterocycles. The summed E-state index contributed by atoms with van der Waals surface area (Å²) >= 11 is 0. The average Bonchev–Trinajstić information content (AvgIpc) is 2.64. The van der Waals surface area contributed by atoms with Crippen LogP contribution in [-0.4, -0.2) is 37.5 Å². The first-order chi connectivity index (χ1) is 13.6. The van der Waals surface area contributed by atoms with Gasteiger partial charge in [-0.05, 0) is 50.8 Å². The van der Waals surface area contributed by atoms with E-state index in [2.05, 4.69) is 14.9 Å². The van der Waals surface area contributed by atoms with E-state index in [1.165, 1.54) is 30.2 Å². The Kier molecular flexibility index (Phi) is 5.75. The van der Waals surface area contributed by atoms with Crippen molar-refractivity contribution in [2.24, 2.45) is 5.92 Å². The fraction of sp³-hybridized carbons (Fsp3) is 0.600. The number of hydrogen-bond acceptors (Lipinski definition) is 5. The lowest BCUT2D eigenvalue weighted by atomic mass is 9.85. The molecule has 6 nitrogen and oxygen atoms in total. The third-order valence-corrected chi connectivity index (χ3v) is 5.87. The molecule has 1 aliphatic carbocycles. The number of piperidine rings is 1. The zero-order chi connectivity index (χ0) is 19.5. The van der Waals surface area contributed by atoms with Crippen LogP contribution >= 0.6 is 0 Å². The topological polar surface area (TPSA) is 63.9 Å². The van der Waals surface area contributed by atoms with Crippen molar-refractivity contribution in [3.8, 4) is 0 Å². The summed E-state index contributed by atoms with van der Waals surface area (Å²) in [6, 6.07) is 2.93. The molecule has 2 fully saturated rings. The second-order valence-electron chi connectivity index (χ2n) is 7.86. The minimum absolute atomic E-state index is 0.351. The van der Waals surface area contributed by atoms with Crippen molar-refractivity contribution in [2.45, 2.75) is 57.5 Å². The zero-order valence-corrected chi connectivity index (χ0v) is 15.8. The molecule has 0 radical (unpaired) electrons. The van der Waals surface area contributed by atoms with Gasteiger partial charge >= 0.3 is 0 Å². The second kappa shape index (κ2) is 8.43. The molecule has 1 saturated carbocycles. The average molecular weight is 389 g/mol. The predicted octanol–water partition coefficient (Wildman–Crippen LogP) is 3.15. The first kappa shape index (κ1) is 19.1. The molecule has 0 bridgehead atoms. The molecule has 0 spiro atoms. The Hall–Kier alpha value is -2.22. The molecule has 0 aromatic carbocycles. The molecule has 0 N–H and O–H groups in total. The van der Waals surface area contributed by atoms with Crippen molar-refractivity contribution in [1.82, 2.24) is 24.4 Å². The molecule has 2 aliphatic rings. The third kappa shape index (κ3) is 4.43. The molecule has 0 atom stereocenters. The molecule has 2 aromatic heterocycles. The Morgan fingerprint density at radius 2 is 1.93 bits per heavy atom. The van der Waals surface area contributed by atoms with Gasteiger partial charge in [-0.1, -0.05) is 6.42 Å². The molecular weight excluding hydrogens is 364 g/mol. The van der Waals surface area contributed by atoms with E-state index < -0.39 is 17.7 Å². The normalized spacial score (nSPS) is 19.1. The summed E-state index contributed by atoms with van der Waals surface area (Å²) in [6.45, 7) is 3.22. The zero-order valence-electron chi connectivity index (χ0n) is 15.8. The number of nitrogens with zero attached hydrogens (tertiary/aromatic N) is 5. The second-order valence-corrected chi connectivity index (χ2v) is 7.86. The maximum Gasteiger partial charge on any atom is 0.280 e. The number of aromatic nitrogens is 4. The largest absolute Gasteiger partial charge is 0.299 e. The van der Waals surface area contributed by atoms with Crippen molar-refractivity contribution in [1.29, 1.82) is 0 Å². The maximum atomic E-state index is 12.6. The van der Waals surface area contributed by atoms with Gasteiger partial charge in [-0.2, -0.15) is 0 Å². The van der Waals surface area contributed by atoms with Crippen LogP contribution in [0.3, 0.4) is 0 Å². The summed E-state index contributed by atoms with van der Waals surface area (Å²) in [4.78, 5) is 27.2. The quantitative estimate of drug-likeness (QED) is 0.759. The van der Waals surface area contributed by atoms with Crippen LogP contribution in [0.2, 0.25) is 0 Å².